The summed E-state index contributed by atoms with van der Waals surface area (Å²) in [5, 5.41) is 6.93. The smallest absolute Gasteiger partial charge is 0.257 e. The lowest BCUT2D eigenvalue weighted by Crippen LogP contribution is -2.23. The molecule has 0 aliphatic rings. The molecule has 140 valence electrons. The van der Waals surface area contributed by atoms with Gasteiger partial charge < -0.3 is 19.3 Å². The van der Waals surface area contributed by atoms with E-state index in [1.165, 1.54) is 0 Å². The molecule has 1 aromatic carbocycles. The third kappa shape index (κ3) is 4.08. The zero-order valence-electron chi connectivity index (χ0n) is 15.5. The van der Waals surface area contributed by atoms with Crippen LogP contribution in [0, 0.1) is 6.92 Å². The van der Waals surface area contributed by atoms with Gasteiger partial charge in [-0.15, -0.1) is 0 Å². The first-order valence-electron chi connectivity index (χ1n) is 8.58. The van der Waals surface area contributed by atoms with Crippen molar-refractivity contribution in [2.45, 2.75) is 20.4 Å². The van der Waals surface area contributed by atoms with E-state index in [-0.39, 0.29) is 5.91 Å². The summed E-state index contributed by atoms with van der Waals surface area (Å²) in [6.45, 7) is 4.51. The van der Waals surface area contributed by atoms with Gasteiger partial charge in [0.15, 0.2) is 11.5 Å². The second-order valence-electron chi connectivity index (χ2n) is 5.80. The van der Waals surface area contributed by atoms with Crippen molar-refractivity contribution in [2.24, 2.45) is 0 Å². The lowest BCUT2D eigenvalue weighted by Gasteiger charge is -2.11. The molecule has 0 bridgehead atoms. The summed E-state index contributed by atoms with van der Waals surface area (Å²) >= 11 is 0. The number of pyridine rings is 1. The molecule has 0 saturated heterocycles. The number of hydrogen-bond donors (Lipinski definition) is 1. The van der Waals surface area contributed by atoms with Gasteiger partial charge in [-0.25, -0.2) is 0 Å². The van der Waals surface area contributed by atoms with Gasteiger partial charge in [-0.1, -0.05) is 11.2 Å². The van der Waals surface area contributed by atoms with Crippen LogP contribution in [-0.4, -0.2) is 29.8 Å². The fraction of sp³-hybridized carbons (Fsp3) is 0.250. The second kappa shape index (κ2) is 8.35. The van der Waals surface area contributed by atoms with E-state index in [0.717, 1.165) is 11.1 Å². The normalized spacial score (nSPS) is 10.5. The van der Waals surface area contributed by atoms with Crippen LogP contribution in [-0.2, 0) is 6.54 Å². The second-order valence-corrected chi connectivity index (χ2v) is 5.80. The van der Waals surface area contributed by atoms with Gasteiger partial charge in [0.05, 0.1) is 13.7 Å². The van der Waals surface area contributed by atoms with Crippen LogP contribution in [0.15, 0.2) is 47.2 Å². The van der Waals surface area contributed by atoms with Crippen LogP contribution in [0.25, 0.3) is 11.3 Å². The molecule has 7 heteroatoms. The minimum Gasteiger partial charge on any atom is -0.493 e. The molecule has 0 radical (unpaired) electrons. The van der Waals surface area contributed by atoms with Gasteiger partial charge in [-0.2, -0.15) is 0 Å². The number of rotatable bonds is 7. The molecule has 0 fully saturated rings. The number of hydrogen-bond acceptors (Lipinski definition) is 6. The first-order valence-corrected chi connectivity index (χ1v) is 8.58. The largest absolute Gasteiger partial charge is 0.493 e. The van der Waals surface area contributed by atoms with E-state index < -0.39 is 0 Å². The standard InChI is InChI=1S/C20H21N3O4/c1-4-26-16-6-5-14(11-17(16)25-3)12-22-20(24)18-13(2)27-23-19(18)15-7-9-21-10-8-15/h5-11H,4,12H2,1-3H3,(H,22,24). The average molecular weight is 367 g/mol. The van der Waals surface area contributed by atoms with Crippen molar-refractivity contribution in [3.05, 3.63) is 59.6 Å². The Morgan fingerprint density at radius 1 is 1.19 bits per heavy atom. The molecule has 3 rings (SSSR count). The van der Waals surface area contributed by atoms with E-state index in [1.54, 1.807) is 38.6 Å². The molecule has 0 saturated carbocycles. The number of aromatic nitrogens is 2. The highest BCUT2D eigenvalue weighted by Crippen LogP contribution is 2.28. The summed E-state index contributed by atoms with van der Waals surface area (Å²) < 4.78 is 16.1. The van der Waals surface area contributed by atoms with E-state index in [0.29, 0.717) is 41.7 Å². The average Bonchev–Trinajstić information content (AvgIpc) is 3.09. The van der Waals surface area contributed by atoms with Crippen molar-refractivity contribution < 1.29 is 18.8 Å². The van der Waals surface area contributed by atoms with Crippen LogP contribution < -0.4 is 14.8 Å². The number of aryl methyl sites for hydroxylation is 1. The first kappa shape index (κ1) is 18.4. The van der Waals surface area contributed by atoms with Crippen molar-refractivity contribution in [2.75, 3.05) is 13.7 Å². The predicted molar refractivity (Wildman–Crippen MR) is 99.8 cm³/mol. The molecule has 0 unspecified atom stereocenters. The fourth-order valence-corrected chi connectivity index (χ4v) is 2.71. The number of benzene rings is 1. The lowest BCUT2D eigenvalue weighted by molar-refractivity contribution is 0.0950. The van der Waals surface area contributed by atoms with Crippen molar-refractivity contribution >= 4 is 5.91 Å². The highest BCUT2D eigenvalue weighted by molar-refractivity contribution is 6.00. The van der Waals surface area contributed by atoms with E-state index in [2.05, 4.69) is 15.5 Å². The van der Waals surface area contributed by atoms with Gasteiger partial charge in [0.1, 0.15) is 17.0 Å². The Bertz CT molecular complexity index is 922. The Kier molecular flexibility index (Phi) is 5.71. The first-order chi connectivity index (χ1) is 13.1. The monoisotopic (exact) mass is 367 g/mol. The molecular weight excluding hydrogens is 346 g/mol. The molecule has 7 nitrogen and oxygen atoms in total. The molecular formula is C20H21N3O4. The third-order valence-electron chi connectivity index (χ3n) is 4.02. The molecule has 3 aromatic rings. The van der Waals surface area contributed by atoms with E-state index >= 15 is 0 Å². The summed E-state index contributed by atoms with van der Waals surface area (Å²) in [6, 6.07) is 9.13. The van der Waals surface area contributed by atoms with E-state index in [9.17, 15) is 4.79 Å². The molecule has 0 atom stereocenters. The van der Waals surface area contributed by atoms with Crippen LogP contribution in [0.4, 0.5) is 0 Å². The van der Waals surface area contributed by atoms with Gasteiger partial charge >= 0.3 is 0 Å². The topological polar surface area (TPSA) is 86.5 Å². The number of carbonyl (C=O) groups is 1. The number of ether oxygens (including phenoxy) is 2. The van der Waals surface area contributed by atoms with Gasteiger partial charge in [0.2, 0.25) is 0 Å². The van der Waals surface area contributed by atoms with Crippen molar-refractivity contribution in [1.82, 2.24) is 15.5 Å². The summed E-state index contributed by atoms with van der Waals surface area (Å²) in [4.78, 5) is 16.7. The number of methoxy groups -OCH3 is 1. The highest BCUT2D eigenvalue weighted by Gasteiger charge is 2.21. The highest BCUT2D eigenvalue weighted by atomic mass is 16.5. The predicted octanol–water partition coefficient (Wildman–Crippen LogP) is 3.38. The van der Waals surface area contributed by atoms with Crippen molar-refractivity contribution in [3.63, 3.8) is 0 Å². The summed E-state index contributed by atoms with van der Waals surface area (Å²) in [5.74, 6) is 1.50. The number of nitrogens with zero attached hydrogens (tertiary/aromatic N) is 2. The lowest BCUT2D eigenvalue weighted by atomic mass is 10.1. The molecule has 2 heterocycles. The Morgan fingerprint density at radius 3 is 2.67 bits per heavy atom. The minimum absolute atomic E-state index is 0.256. The van der Waals surface area contributed by atoms with Crippen LogP contribution >= 0.6 is 0 Å². The number of amides is 1. The Morgan fingerprint density at radius 2 is 1.96 bits per heavy atom. The van der Waals surface area contributed by atoms with E-state index in [1.807, 2.05) is 25.1 Å². The van der Waals surface area contributed by atoms with Crippen molar-refractivity contribution in [3.8, 4) is 22.8 Å². The molecule has 0 aliphatic heterocycles. The maximum absolute atomic E-state index is 12.7. The maximum atomic E-state index is 12.7. The van der Waals surface area contributed by atoms with Crippen LogP contribution in [0.3, 0.4) is 0 Å². The SMILES string of the molecule is CCOc1ccc(CNC(=O)c2c(-c3ccncc3)noc2C)cc1OC. The number of nitrogens with one attached hydrogen (secondary N) is 1. The minimum atomic E-state index is -0.256. The quantitative estimate of drug-likeness (QED) is 0.689. The zero-order valence-corrected chi connectivity index (χ0v) is 15.5. The molecule has 0 aliphatic carbocycles. The molecule has 27 heavy (non-hydrogen) atoms. The number of carbonyl (C=O) groups excluding carboxylic acids is 1. The van der Waals surface area contributed by atoms with Gasteiger partial charge in [0.25, 0.3) is 5.91 Å². The maximum Gasteiger partial charge on any atom is 0.257 e. The Labute approximate surface area is 157 Å². The summed E-state index contributed by atoms with van der Waals surface area (Å²) in [5.41, 5.74) is 2.58. The van der Waals surface area contributed by atoms with Crippen LogP contribution in [0.1, 0.15) is 28.6 Å². The molecule has 1 N–H and O–H groups in total. The van der Waals surface area contributed by atoms with Crippen molar-refractivity contribution in [1.29, 1.82) is 0 Å². The van der Waals surface area contributed by atoms with Gasteiger partial charge in [-0.3, -0.25) is 9.78 Å². The molecule has 2 aromatic heterocycles. The van der Waals surface area contributed by atoms with Crippen LogP contribution in [0.5, 0.6) is 11.5 Å². The Balaban J connectivity index is 1.77. The molecule has 0 spiro atoms. The van der Waals surface area contributed by atoms with Crippen LogP contribution in [0.2, 0.25) is 0 Å². The summed E-state index contributed by atoms with van der Waals surface area (Å²) in [6.07, 6.45) is 3.29. The van der Waals surface area contributed by atoms with Gasteiger partial charge in [0, 0.05) is 24.5 Å². The molecule has 1 amide bonds. The van der Waals surface area contributed by atoms with E-state index in [4.69, 9.17) is 14.0 Å². The zero-order chi connectivity index (χ0) is 19.2. The fourth-order valence-electron chi connectivity index (χ4n) is 2.71. The third-order valence-corrected chi connectivity index (χ3v) is 4.02. The van der Waals surface area contributed by atoms with Gasteiger partial charge in [-0.05, 0) is 43.7 Å². The Hall–Kier alpha value is -3.35. The summed E-state index contributed by atoms with van der Waals surface area (Å²) in [7, 11) is 1.59.